The molecule has 22 heavy (non-hydrogen) atoms. The average Bonchev–Trinajstić information content (AvgIpc) is 2.81. The van der Waals surface area contributed by atoms with Crippen LogP contribution in [0.1, 0.15) is 5.56 Å². The number of hydrogen-bond donors (Lipinski definition) is 1. The lowest BCUT2D eigenvalue weighted by Gasteiger charge is -2.04. The Bertz CT molecular complexity index is 950. The molecule has 0 aliphatic carbocycles. The second kappa shape index (κ2) is 5.46. The van der Waals surface area contributed by atoms with Crippen LogP contribution in [-0.2, 0) is 10.0 Å². The number of nitrogens with zero attached hydrogens (tertiary/aromatic N) is 1. The highest BCUT2D eigenvalue weighted by Gasteiger charge is 2.18. The van der Waals surface area contributed by atoms with Gasteiger partial charge in [-0.2, -0.15) is 4.98 Å². The lowest BCUT2D eigenvalue weighted by atomic mass is 10.2. The summed E-state index contributed by atoms with van der Waals surface area (Å²) < 4.78 is 32.2. The Kier molecular flexibility index (Phi) is 3.76. The summed E-state index contributed by atoms with van der Waals surface area (Å²) in [4.78, 5) is 4.15. The minimum atomic E-state index is -3.78. The van der Waals surface area contributed by atoms with Crippen LogP contribution >= 0.6 is 23.2 Å². The Morgan fingerprint density at radius 2 is 1.82 bits per heavy atom. The SMILES string of the molecule is Cc1ccc(S(=O)(=O)Nc2nc3cc(Cl)cc(Cl)c3o2)cc1. The van der Waals surface area contributed by atoms with Gasteiger partial charge in [0.1, 0.15) is 5.52 Å². The van der Waals surface area contributed by atoms with E-state index in [9.17, 15) is 8.42 Å². The molecule has 5 nitrogen and oxygen atoms in total. The van der Waals surface area contributed by atoms with Gasteiger partial charge in [0.15, 0.2) is 5.58 Å². The summed E-state index contributed by atoms with van der Waals surface area (Å²) in [5.74, 6) is 0. The summed E-state index contributed by atoms with van der Waals surface area (Å²) in [6.45, 7) is 1.87. The van der Waals surface area contributed by atoms with Gasteiger partial charge < -0.3 is 4.42 Å². The van der Waals surface area contributed by atoms with Crippen molar-refractivity contribution in [3.63, 3.8) is 0 Å². The van der Waals surface area contributed by atoms with Crippen molar-refractivity contribution in [3.05, 3.63) is 52.0 Å². The molecule has 0 radical (unpaired) electrons. The average molecular weight is 357 g/mol. The van der Waals surface area contributed by atoms with Gasteiger partial charge in [-0.05, 0) is 31.2 Å². The Morgan fingerprint density at radius 1 is 1.14 bits per heavy atom. The molecular weight excluding hydrogens is 347 g/mol. The van der Waals surface area contributed by atoms with E-state index in [-0.39, 0.29) is 21.5 Å². The summed E-state index contributed by atoms with van der Waals surface area (Å²) in [5, 5.41) is 0.648. The molecule has 1 aromatic heterocycles. The number of aromatic nitrogens is 1. The van der Waals surface area contributed by atoms with Crippen molar-refractivity contribution < 1.29 is 12.8 Å². The van der Waals surface area contributed by atoms with E-state index < -0.39 is 10.0 Å². The molecule has 0 saturated carbocycles. The van der Waals surface area contributed by atoms with Crippen LogP contribution in [-0.4, -0.2) is 13.4 Å². The van der Waals surface area contributed by atoms with Crippen molar-refractivity contribution in [2.24, 2.45) is 0 Å². The maximum atomic E-state index is 12.3. The number of aryl methyl sites for hydroxylation is 1. The number of fused-ring (bicyclic) bond motifs is 1. The van der Waals surface area contributed by atoms with Gasteiger partial charge in [-0.15, -0.1) is 0 Å². The van der Waals surface area contributed by atoms with Gasteiger partial charge in [-0.25, -0.2) is 13.1 Å². The standard InChI is InChI=1S/C14H10Cl2N2O3S/c1-8-2-4-10(5-3-8)22(19,20)18-14-17-12-7-9(15)6-11(16)13(12)21-14/h2-7H,1H3,(H,17,18). The predicted molar refractivity (Wildman–Crippen MR) is 86.0 cm³/mol. The van der Waals surface area contributed by atoms with E-state index in [4.69, 9.17) is 27.6 Å². The van der Waals surface area contributed by atoms with Crippen LogP contribution in [0, 0.1) is 6.92 Å². The van der Waals surface area contributed by atoms with Gasteiger partial charge in [0.25, 0.3) is 10.0 Å². The topological polar surface area (TPSA) is 72.2 Å². The van der Waals surface area contributed by atoms with Crippen molar-refractivity contribution >= 4 is 50.3 Å². The number of anilines is 1. The summed E-state index contributed by atoms with van der Waals surface area (Å²) in [5.41, 5.74) is 1.61. The molecule has 0 unspecified atom stereocenters. The normalized spacial score (nSPS) is 11.8. The third-order valence-corrected chi connectivity index (χ3v) is 4.80. The third kappa shape index (κ3) is 2.90. The second-order valence-corrected chi connectivity index (χ2v) is 7.20. The number of oxazole rings is 1. The molecule has 0 aliphatic rings. The number of benzene rings is 2. The fraction of sp³-hybridized carbons (Fsp3) is 0.0714. The number of sulfonamides is 1. The fourth-order valence-corrected chi connectivity index (χ4v) is 3.35. The Labute approximate surface area is 136 Å². The van der Waals surface area contributed by atoms with Crippen molar-refractivity contribution in [1.82, 2.24) is 4.98 Å². The van der Waals surface area contributed by atoms with E-state index in [1.807, 2.05) is 6.92 Å². The van der Waals surface area contributed by atoms with Crippen molar-refractivity contribution in [3.8, 4) is 0 Å². The quantitative estimate of drug-likeness (QED) is 0.761. The van der Waals surface area contributed by atoms with Crippen molar-refractivity contribution in [1.29, 1.82) is 0 Å². The minimum Gasteiger partial charge on any atom is -0.421 e. The number of hydrogen-bond acceptors (Lipinski definition) is 4. The molecule has 0 aliphatic heterocycles. The first-order valence-electron chi connectivity index (χ1n) is 6.20. The van der Waals surface area contributed by atoms with Crippen LogP contribution < -0.4 is 4.72 Å². The summed E-state index contributed by atoms with van der Waals surface area (Å²) in [6, 6.07) is 9.29. The summed E-state index contributed by atoms with van der Waals surface area (Å²) in [6.07, 6.45) is 0. The molecule has 0 saturated heterocycles. The number of rotatable bonds is 3. The van der Waals surface area contributed by atoms with Crippen LogP contribution in [0.3, 0.4) is 0 Å². The Balaban J connectivity index is 1.98. The number of nitrogens with one attached hydrogen (secondary N) is 1. The van der Waals surface area contributed by atoms with Gasteiger partial charge in [-0.3, -0.25) is 0 Å². The van der Waals surface area contributed by atoms with Gasteiger partial charge in [0.05, 0.1) is 9.92 Å². The first-order valence-corrected chi connectivity index (χ1v) is 8.44. The van der Waals surface area contributed by atoms with E-state index in [0.717, 1.165) is 5.56 Å². The predicted octanol–water partition coefficient (Wildman–Crippen LogP) is 4.24. The molecule has 1 heterocycles. The van der Waals surface area contributed by atoms with E-state index in [1.165, 1.54) is 24.3 Å². The van der Waals surface area contributed by atoms with Crippen LogP contribution in [0.15, 0.2) is 45.7 Å². The maximum Gasteiger partial charge on any atom is 0.310 e. The molecule has 1 N–H and O–H groups in total. The summed E-state index contributed by atoms with van der Waals surface area (Å²) in [7, 11) is -3.78. The summed E-state index contributed by atoms with van der Waals surface area (Å²) >= 11 is 11.9. The van der Waals surface area contributed by atoms with Crippen LogP contribution in [0.4, 0.5) is 6.01 Å². The molecule has 0 spiro atoms. The van der Waals surface area contributed by atoms with Crippen molar-refractivity contribution in [2.45, 2.75) is 11.8 Å². The Morgan fingerprint density at radius 3 is 2.50 bits per heavy atom. The first-order chi connectivity index (χ1) is 10.3. The van der Waals surface area contributed by atoms with Crippen LogP contribution in [0.5, 0.6) is 0 Å². The van der Waals surface area contributed by atoms with E-state index >= 15 is 0 Å². The molecule has 114 valence electrons. The minimum absolute atomic E-state index is 0.115. The maximum absolute atomic E-state index is 12.3. The van der Waals surface area contributed by atoms with Crippen molar-refractivity contribution in [2.75, 3.05) is 4.72 Å². The Hall–Kier alpha value is -1.76. The lowest BCUT2D eigenvalue weighted by Crippen LogP contribution is -2.13. The highest BCUT2D eigenvalue weighted by molar-refractivity contribution is 7.92. The van der Waals surface area contributed by atoms with Crippen LogP contribution in [0.25, 0.3) is 11.1 Å². The third-order valence-electron chi connectivity index (χ3n) is 2.96. The molecule has 0 bridgehead atoms. The molecular formula is C14H10Cl2N2O3S. The zero-order chi connectivity index (χ0) is 15.9. The van der Waals surface area contributed by atoms with Gasteiger partial charge in [0.2, 0.25) is 0 Å². The van der Waals surface area contributed by atoms with Gasteiger partial charge in [0, 0.05) is 5.02 Å². The smallest absolute Gasteiger partial charge is 0.310 e. The zero-order valence-electron chi connectivity index (χ0n) is 11.3. The zero-order valence-corrected chi connectivity index (χ0v) is 13.6. The monoisotopic (exact) mass is 356 g/mol. The van der Waals surface area contributed by atoms with Gasteiger partial charge in [-0.1, -0.05) is 40.9 Å². The highest BCUT2D eigenvalue weighted by atomic mass is 35.5. The molecule has 3 rings (SSSR count). The first kappa shape index (κ1) is 15.1. The lowest BCUT2D eigenvalue weighted by molar-refractivity contribution is 0.591. The molecule has 3 aromatic rings. The van der Waals surface area contributed by atoms with Crippen LogP contribution in [0.2, 0.25) is 10.0 Å². The molecule has 8 heteroatoms. The van der Waals surface area contributed by atoms with Gasteiger partial charge >= 0.3 is 6.01 Å². The van der Waals surface area contributed by atoms with E-state index in [0.29, 0.717) is 10.5 Å². The molecule has 0 fully saturated rings. The second-order valence-electron chi connectivity index (χ2n) is 4.67. The fourth-order valence-electron chi connectivity index (χ4n) is 1.89. The van der Waals surface area contributed by atoms with E-state index in [2.05, 4.69) is 9.71 Å². The largest absolute Gasteiger partial charge is 0.421 e. The molecule has 0 amide bonds. The van der Waals surface area contributed by atoms with E-state index in [1.54, 1.807) is 12.1 Å². The number of halogens is 2. The molecule has 2 aromatic carbocycles. The highest BCUT2D eigenvalue weighted by Crippen LogP contribution is 2.30. The molecule has 0 atom stereocenters.